The van der Waals surface area contributed by atoms with Gasteiger partial charge in [0.2, 0.25) is 5.91 Å². The van der Waals surface area contributed by atoms with Gasteiger partial charge in [0, 0.05) is 16.6 Å². The van der Waals surface area contributed by atoms with Crippen molar-refractivity contribution in [3.63, 3.8) is 0 Å². The highest BCUT2D eigenvalue weighted by molar-refractivity contribution is 9.10. The molecule has 0 fully saturated rings. The van der Waals surface area contributed by atoms with Crippen LogP contribution >= 0.6 is 15.9 Å². The topological polar surface area (TPSA) is 41.1 Å². The fraction of sp³-hybridized carbons (Fsp3) is 0.235. The molecule has 1 aliphatic heterocycles. The predicted octanol–water partition coefficient (Wildman–Crippen LogP) is 3.66. The van der Waals surface area contributed by atoms with Crippen LogP contribution in [0.3, 0.4) is 0 Å². The van der Waals surface area contributed by atoms with Crippen molar-refractivity contribution in [2.45, 2.75) is 25.4 Å². The first-order chi connectivity index (χ1) is 10.1. The minimum atomic E-state index is -0.188. The maximum absolute atomic E-state index is 12.4. The van der Waals surface area contributed by atoms with Crippen LogP contribution in [0.5, 0.6) is 0 Å². The van der Waals surface area contributed by atoms with Gasteiger partial charge in [-0.3, -0.25) is 4.79 Å². The van der Waals surface area contributed by atoms with E-state index in [-0.39, 0.29) is 18.0 Å². The molecule has 0 unspecified atom stereocenters. The van der Waals surface area contributed by atoms with Gasteiger partial charge in [0.25, 0.3) is 0 Å². The molecular formula is C17H17BrN2O. The van der Waals surface area contributed by atoms with E-state index in [1.165, 1.54) is 5.56 Å². The second kappa shape index (κ2) is 5.90. The highest BCUT2D eigenvalue weighted by atomic mass is 79.9. The summed E-state index contributed by atoms with van der Waals surface area (Å²) in [4.78, 5) is 12.4. The number of fused-ring (bicyclic) bond motifs is 1. The first-order valence-electron chi connectivity index (χ1n) is 7.04. The maximum atomic E-state index is 12.4. The molecule has 0 saturated heterocycles. The average molecular weight is 345 g/mol. The number of amides is 1. The maximum Gasteiger partial charge on any atom is 0.243 e. The molecule has 2 atom stereocenters. The Kier molecular flexibility index (Phi) is 3.97. The van der Waals surface area contributed by atoms with Gasteiger partial charge < -0.3 is 10.6 Å². The number of anilines is 1. The number of carbonyl (C=O) groups is 1. The van der Waals surface area contributed by atoms with Gasteiger partial charge in [0.15, 0.2) is 0 Å². The van der Waals surface area contributed by atoms with E-state index in [9.17, 15) is 4.79 Å². The molecule has 21 heavy (non-hydrogen) atoms. The molecular weight excluding hydrogens is 328 g/mol. The lowest BCUT2D eigenvalue weighted by Gasteiger charge is -2.19. The summed E-state index contributed by atoms with van der Waals surface area (Å²) in [5.41, 5.74) is 3.35. The Bertz CT molecular complexity index is 646. The van der Waals surface area contributed by atoms with Crippen LogP contribution in [0, 0.1) is 0 Å². The molecule has 3 nitrogen and oxygen atoms in total. The van der Waals surface area contributed by atoms with Crippen molar-refractivity contribution in [1.29, 1.82) is 0 Å². The largest absolute Gasteiger partial charge is 0.373 e. The molecule has 0 aliphatic carbocycles. The summed E-state index contributed by atoms with van der Waals surface area (Å²) in [6.45, 7) is 2.00. The molecule has 1 amide bonds. The van der Waals surface area contributed by atoms with Gasteiger partial charge in [-0.1, -0.05) is 52.3 Å². The van der Waals surface area contributed by atoms with Crippen molar-refractivity contribution in [3.8, 4) is 0 Å². The van der Waals surface area contributed by atoms with E-state index in [1.54, 1.807) is 0 Å². The summed E-state index contributed by atoms with van der Waals surface area (Å²) >= 11 is 3.53. The number of carbonyl (C=O) groups excluding carboxylic acids is 1. The molecule has 1 aliphatic rings. The Morgan fingerprint density at radius 3 is 2.71 bits per heavy atom. The third kappa shape index (κ3) is 2.95. The molecule has 3 rings (SSSR count). The lowest BCUT2D eigenvalue weighted by molar-refractivity contribution is -0.122. The monoisotopic (exact) mass is 344 g/mol. The molecule has 2 aromatic rings. The molecule has 0 saturated carbocycles. The van der Waals surface area contributed by atoms with Crippen LogP contribution in [0.15, 0.2) is 53.0 Å². The average Bonchev–Trinajstić information content (AvgIpc) is 2.91. The van der Waals surface area contributed by atoms with Gasteiger partial charge in [-0.15, -0.1) is 0 Å². The third-order valence-corrected chi connectivity index (χ3v) is 4.54. The number of benzene rings is 2. The highest BCUT2D eigenvalue weighted by Gasteiger charge is 2.27. The number of nitrogens with one attached hydrogen (secondary N) is 2. The van der Waals surface area contributed by atoms with Crippen LogP contribution in [0.4, 0.5) is 5.69 Å². The minimum Gasteiger partial charge on any atom is -0.373 e. The van der Waals surface area contributed by atoms with E-state index in [4.69, 9.17) is 0 Å². The third-order valence-electron chi connectivity index (χ3n) is 3.82. The number of hydrogen-bond donors (Lipinski definition) is 2. The van der Waals surface area contributed by atoms with Crippen molar-refractivity contribution in [2.75, 3.05) is 5.32 Å². The lowest BCUT2D eigenvalue weighted by Crippen LogP contribution is -2.39. The SMILES string of the molecule is C[C@@H](NC(=O)[C@@H]1Cc2ccccc2N1)c1ccccc1Br. The minimum absolute atomic E-state index is 0.0291. The number of hydrogen-bond acceptors (Lipinski definition) is 2. The van der Waals surface area contributed by atoms with Crippen LogP contribution in [0.2, 0.25) is 0 Å². The van der Waals surface area contributed by atoms with Crippen molar-refractivity contribution in [3.05, 3.63) is 64.1 Å². The molecule has 2 N–H and O–H groups in total. The van der Waals surface area contributed by atoms with E-state index in [1.807, 2.05) is 49.4 Å². The van der Waals surface area contributed by atoms with Gasteiger partial charge in [0.05, 0.1) is 6.04 Å². The molecule has 0 radical (unpaired) electrons. The predicted molar refractivity (Wildman–Crippen MR) is 88.3 cm³/mol. The first kappa shape index (κ1) is 14.1. The zero-order chi connectivity index (χ0) is 14.8. The van der Waals surface area contributed by atoms with E-state index in [2.05, 4.69) is 32.6 Å². The summed E-state index contributed by atoms with van der Waals surface area (Å²) in [7, 11) is 0. The normalized spacial score (nSPS) is 17.7. The van der Waals surface area contributed by atoms with Gasteiger partial charge in [-0.05, 0) is 30.2 Å². The van der Waals surface area contributed by atoms with E-state index >= 15 is 0 Å². The van der Waals surface area contributed by atoms with Crippen molar-refractivity contribution >= 4 is 27.5 Å². The van der Waals surface area contributed by atoms with Crippen LogP contribution in [-0.2, 0) is 11.2 Å². The summed E-state index contributed by atoms with van der Waals surface area (Å²) in [5.74, 6) is 0.0365. The summed E-state index contributed by atoms with van der Waals surface area (Å²) in [5, 5.41) is 6.36. The van der Waals surface area contributed by atoms with Crippen LogP contribution in [-0.4, -0.2) is 11.9 Å². The van der Waals surface area contributed by atoms with E-state index < -0.39 is 0 Å². The molecule has 0 bridgehead atoms. The lowest BCUT2D eigenvalue weighted by atomic mass is 10.1. The van der Waals surface area contributed by atoms with Gasteiger partial charge in [-0.2, -0.15) is 0 Å². The molecule has 0 spiro atoms. The number of rotatable bonds is 3. The highest BCUT2D eigenvalue weighted by Crippen LogP contribution is 2.26. The first-order valence-corrected chi connectivity index (χ1v) is 7.83. The zero-order valence-corrected chi connectivity index (χ0v) is 13.4. The van der Waals surface area contributed by atoms with Crippen LogP contribution in [0.1, 0.15) is 24.1 Å². The summed E-state index contributed by atoms with van der Waals surface area (Å²) < 4.78 is 1.01. The number of halogens is 1. The van der Waals surface area contributed by atoms with Crippen LogP contribution < -0.4 is 10.6 Å². The van der Waals surface area contributed by atoms with Crippen LogP contribution in [0.25, 0.3) is 0 Å². The van der Waals surface area contributed by atoms with E-state index in [0.717, 1.165) is 22.1 Å². The quantitative estimate of drug-likeness (QED) is 0.891. The fourth-order valence-corrected chi connectivity index (χ4v) is 3.30. The number of para-hydroxylation sites is 1. The Labute approximate surface area is 132 Å². The zero-order valence-electron chi connectivity index (χ0n) is 11.8. The van der Waals surface area contributed by atoms with E-state index in [0.29, 0.717) is 0 Å². The Balaban J connectivity index is 1.67. The summed E-state index contributed by atoms with van der Waals surface area (Å²) in [6.07, 6.45) is 0.741. The summed E-state index contributed by atoms with van der Waals surface area (Å²) in [6, 6.07) is 15.8. The Morgan fingerprint density at radius 1 is 1.24 bits per heavy atom. The Morgan fingerprint density at radius 2 is 1.95 bits per heavy atom. The second-order valence-electron chi connectivity index (χ2n) is 5.31. The molecule has 108 valence electrons. The molecule has 4 heteroatoms. The molecule has 2 aromatic carbocycles. The fourth-order valence-electron chi connectivity index (χ4n) is 2.67. The standard InChI is InChI=1S/C17H17BrN2O/c1-11(13-7-3-4-8-14(13)18)19-17(21)16-10-12-6-2-5-9-15(12)20-16/h2-9,11,16,20H,10H2,1H3,(H,19,21)/t11-,16+/m1/s1. The smallest absolute Gasteiger partial charge is 0.243 e. The van der Waals surface area contributed by atoms with Gasteiger partial charge in [-0.25, -0.2) is 0 Å². The van der Waals surface area contributed by atoms with Gasteiger partial charge in [0.1, 0.15) is 6.04 Å². The molecule has 0 aromatic heterocycles. The molecule has 1 heterocycles. The Hall–Kier alpha value is -1.81. The van der Waals surface area contributed by atoms with Gasteiger partial charge >= 0.3 is 0 Å². The second-order valence-corrected chi connectivity index (χ2v) is 6.16. The van der Waals surface area contributed by atoms with Crippen molar-refractivity contribution in [1.82, 2.24) is 5.32 Å². The van der Waals surface area contributed by atoms with Crippen molar-refractivity contribution in [2.24, 2.45) is 0 Å². The van der Waals surface area contributed by atoms with Crippen molar-refractivity contribution < 1.29 is 4.79 Å².